The Morgan fingerprint density at radius 1 is 1.16 bits per heavy atom. The van der Waals surface area contributed by atoms with E-state index in [0.29, 0.717) is 5.69 Å². The molecule has 0 saturated carbocycles. The number of anilines is 1. The summed E-state index contributed by atoms with van der Waals surface area (Å²) < 4.78 is 63.9. The number of rotatable bonds is 5. The molecule has 2 aromatic carbocycles. The third-order valence-electron chi connectivity index (χ3n) is 4.26. The largest absolute Gasteiger partial charge is 0.435 e. The molecule has 12 heteroatoms. The van der Waals surface area contributed by atoms with Crippen molar-refractivity contribution in [3.63, 3.8) is 0 Å². The molecule has 0 saturated heterocycles. The molecule has 0 spiro atoms. The normalized spacial score (nSPS) is 12.1. The van der Waals surface area contributed by atoms with Gasteiger partial charge in [0.2, 0.25) is 15.9 Å². The van der Waals surface area contributed by atoms with Gasteiger partial charge in [0, 0.05) is 17.7 Å². The van der Waals surface area contributed by atoms with Crippen LogP contribution >= 0.6 is 11.6 Å². The zero-order chi connectivity index (χ0) is 23.0. The molecule has 164 valence electrons. The van der Waals surface area contributed by atoms with E-state index < -0.39 is 21.9 Å². The van der Waals surface area contributed by atoms with Gasteiger partial charge in [0.1, 0.15) is 0 Å². The molecule has 0 aliphatic heterocycles. The number of nitrogens with zero attached hydrogens (tertiary/aromatic N) is 2. The van der Waals surface area contributed by atoms with Crippen molar-refractivity contribution in [3.8, 4) is 16.9 Å². The van der Waals surface area contributed by atoms with Crippen molar-refractivity contribution in [1.29, 1.82) is 0 Å². The molecule has 7 nitrogen and oxygen atoms in total. The number of nitrogens with one attached hydrogen (secondary N) is 1. The summed E-state index contributed by atoms with van der Waals surface area (Å²) in [6.45, 7) is 1.67. The Morgan fingerprint density at radius 3 is 2.32 bits per heavy atom. The van der Waals surface area contributed by atoms with E-state index in [4.69, 9.17) is 16.7 Å². The van der Waals surface area contributed by atoms with E-state index in [1.54, 1.807) is 6.92 Å². The molecule has 0 bridgehead atoms. The van der Waals surface area contributed by atoms with E-state index in [-0.39, 0.29) is 39.2 Å². The van der Waals surface area contributed by atoms with Crippen LogP contribution in [0, 0.1) is 0 Å². The Kier molecular flexibility index (Phi) is 6.12. The molecule has 1 aromatic heterocycles. The maximum Gasteiger partial charge on any atom is 0.435 e. The summed E-state index contributed by atoms with van der Waals surface area (Å²) in [6, 6.07) is 10.1. The minimum Gasteiger partial charge on any atom is -0.326 e. The van der Waals surface area contributed by atoms with Crippen LogP contribution in [0.25, 0.3) is 16.9 Å². The summed E-state index contributed by atoms with van der Waals surface area (Å²) in [6.07, 6.45) is -4.47. The van der Waals surface area contributed by atoms with Crippen molar-refractivity contribution in [3.05, 3.63) is 59.2 Å². The zero-order valence-electron chi connectivity index (χ0n) is 15.9. The summed E-state index contributed by atoms with van der Waals surface area (Å²) in [5, 5.41) is 11.4. The lowest BCUT2D eigenvalue weighted by Gasteiger charge is -2.11. The molecule has 0 unspecified atom stereocenters. The van der Waals surface area contributed by atoms with Crippen LogP contribution in [0.2, 0.25) is 5.02 Å². The second-order valence-corrected chi connectivity index (χ2v) is 8.43. The van der Waals surface area contributed by atoms with Gasteiger partial charge in [-0.25, -0.2) is 18.2 Å². The molecular formula is C19H16ClF3N4O3S. The van der Waals surface area contributed by atoms with Gasteiger partial charge in [-0.2, -0.15) is 18.3 Å². The Bertz CT molecular complexity index is 1240. The third kappa shape index (κ3) is 5.06. The summed E-state index contributed by atoms with van der Waals surface area (Å²) in [5.41, 5.74) is -0.348. The second kappa shape index (κ2) is 8.33. The number of primary sulfonamides is 1. The maximum atomic E-state index is 13.3. The average Bonchev–Trinajstić information content (AvgIpc) is 3.13. The first-order valence-electron chi connectivity index (χ1n) is 8.80. The monoisotopic (exact) mass is 472 g/mol. The van der Waals surface area contributed by atoms with Crippen LogP contribution in [0.15, 0.2) is 53.4 Å². The van der Waals surface area contributed by atoms with Gasteiger partial charge in [-0.05, 0) is 48.5 Å². The number of sulfonamides is 1. The highest BCUT2D eigenvalue weighted by molar-refractivity contribution is 7.89. The number of nitrogens with two attached hydrogens (primary N) is 1. The molecule has 0 radical (unpaired) electrons. The van der Waals surface area contributed by atoms with E-state index in [1.165, 1.54) is 30.3 Å². The first-order valence-corrected chi connectivity index (χ1v) is 10.7. The minimum atomic E-state index is -4.72. The van der Waals surface area contributed by atoms with Gasteiger partial charge in [0.25, 0.3) is 0 Å². The van der Waals surface area contributed by atoms with Crippen LogP contribution in [0.4, 0.5) is 18.9 Å². The van der Waals surface area contributed by atoms with E-state index in [2.05, 4.69) is 10.4 Å². The molecule has 3 N–H and O–H groups in total. The standard InChI is InChI=1S/C19H16ClF3N4O3S/c1-2-18(28)25-11-3-8-14(15(20)9-11)16-10-17(19(21,22)23)26-27(16)12-4-6-13(7-5-12)31(24,29)30/h3-10H,2H2,1H3,(H,25,28)(H2,24,29,30). The average molecular weight is 473 g/mol. The molecule has 0 aliphatic rings. The van der Waals surface area contributed by atoms with Gasteiger partial charge < -0.3 is 5.32 Å². The van der Waals surface area contributed by atoms with Crippen molar-refractivity contribution in [2.45, 2.75) is 24.4 Å². The van der Waals surface area contributed by atoms with Gasteiger partial charge in [0.05, 0.1) is 21.3 Å². The molecule has 31 heavy (non-hydrogen) atoms. The summed E-state index contributed by atoms with van der Waals surface area (Å²) >= 11 is 6.29. The first kappa shape index (κ1) is 22.8. The molecule has 3 rings (SSSR count). The summed E-state index contributed by atoms with van der Waals surface area (Å²) in [4.78, 5) is 11.4. The van der Waals surface area contributed by atoms with Gasteiger partial charge >= 0.3 is 6.18 Å². The van der Waals surface area contributed by atoms with Crippen LogP contribution in [-0.4, -0.2) is 24.1 Å². The van der Waals surface area contributed by atoms with Gasteiger partial charge in [0.15, 0.2) is 5.69 Å². The van der Waals surface area contributed by atoms with Crippen LogP contribution in [0.5, 0.6) is 0 Å². The molecule has 1 heterocycles. The Labute approximate surface area is 180 Å². The third-order valence-corrected chi connectivity index (χ3v) is 5.50. The van der Waals surface area contributed by atoms with E-state index in [0.717, 1.165) is 22.9 Å². The Hall–Kier alpha value is -2.89. The van der Waals surface area contributed by atoms with Crippen molar-refractivity contribution >= 4 is 33.2 Å². The van der Waals surface area contributed by atoms with E-state index >= 15 is 0 Å². The summed E-state index contributed by atoms with van der Waals surface area (Å²) in [5.74, 6) is -0.247. The number of amides is 1. The van der Waals surface area contributed by atoms with Crippen LogP contribution in [-0.2, 0) is 21.0 Å². The zero-order valence-corrected chi connectivity index (χ0v) is 17.5. The van der Waals surface area contributed by atoms with Crippen molar-refractivity contribution in [1.82, 2.24) is 9.78 Å². The topological polar surface area (TPSA) is 107 Å². The van der Waals surface area contributed by atoms with E-state index in [9.17, 15) is 26.4 Å². The second-order valence-electron chi connectivity index (χ2n) is 6.46. The lowest BCUT2D eigenvalue weighted by atomic mass is 10.1. The first-order chi connectivity index (χ1) is 14.4. The van der Waals surface area contributed by atoms with Crippen LogP contribution in [0.1, 0.15) is 19.0 Å². The lowest BCUT2D eigenvalue weighted by molar-refractivity contribution is -0.141. The fraction of sp³-hybridized carbons (Fsp3) is 0.158. The van der Waals surface area contributed by atoms with Gasteiger partial charge in [-0.3, -0.25) is 4.79 Å². The fourth-order valence-electron chi connectivity index (χ4n) is 2.74. The van der Waals surface area contributed by atoms with E-state index in [1.807, 2.05) is 0 Å². The highest BCUT2D eigenvalue weighted by Gasteiger charge is 2.35. The lowest BCUT2D eigenvalue weighted by Crippen LogP contribution is -2.12. The van der Waals surface area contributed by atoms with Crippen molar-refractivity contribution in [2.24, 2.45) is 5.14 Å². The van der Waals surface area contributed by atoms with Gasteiger partial charge in [-0.1, -0.05) is 18.5 Å². The number of aromatic nitrogens is 2. The highest BCUT2D eigenvalue weighted by Crippen LogP contribution is 2.36. The number of hydrogen-bond donors (Lipinski definition) is 2. The van der Waals surface area contributed by atoms with Gasteiger partial charge in [-0.15, -0.1) is 0 Å². The molecule has 0 fully saturated rings. The molecule has 1 amide bonds. The smallest absolute Gasteiger partial charge is 0.326 e. The molecule has 0 aliphatic carbocycles. The minimum absolute atomic E-state index is 0.0223. The fourth-order valence-corrected chi connectivity index (χ4v) is 3.53. The number of hydrogen-bond acceptors (Lipinski definition) is 4. The number of alkyl halides is 3. The quantitative estimate of drug-likeness (QED) is 0.580. The number of carbonyl (C=O) groups excluding carboxylic acids is 1. The summed E-state index contributed by atoms with van der Waals surface area (Å²) in [7, 11) is -3.97. The molecule has 0 atom stereocenters. The maximum absolute atomic E-state index is 13.3. The predicted octanol–water partition coefficient (Wildman–Crippen LogP) is 4.21. The highest BCUT2D eigenvalue weighted by atomic mass is 35.5. The Morgan fingerprint density at radius 2 is 1.81 bits per heavy atom. The van der Waals surface area contributed by atoms with Crippen molar-refractivity contribution < 1.29 is 26.4 Å². The number of carbonyl (C=O) groups is 1. The van der Waals surface area contributed by atoms with Crippen LogP contribution in [0.3, 0.4) is 0 Å². The Balaban J connectivity index is 2.12. The molecular weight excluding hydrogens is 457 g/mol. The number of benzene rings is 2. The SMILES string of the molecule is CCC(=O)Nc1ccc(-c2cc(C(F)(F)F)nn2-c2ccc(S(N)(=O)=O)cc2)c(Cl)c1. The molecule has 3 aromatic rings. The van der Waals surface area contributed by atoms with Crippen LogP contribution < -0.4 is 10.5 Å². The predicted molar refractivity (Wildman–Crippen MR) is 109 cm³/mol. The number of halogens is 4. The van der Waals surface area contributed by atoms with Crippen molar-refractivity contribution in [2.75, 3.05) is 5.32 Å².